The zero-order chi connectivity index (χ0) is 26.0. The molecule has 1 heterocycles. The summed E-state index contributed by atoms with van der Waals surface area (Å²) in [6.07, 6.45) is 2.33. The Bertz CT molecular complexity index is 1300. The van der Waals surface area contributed by atoms with Crippen molar-refractivity contribution < 1.29 is 9.90 Å². The molecule has 0 spiro atoms. The standard InChI is InChI=1S/C28H30N6O2S/c1-2-3-17-29-28(37)34(25(27(35)36)18-20-9-5-4-6-10-20)19-21-13-15-22(16-14-21)23-11-7-8-12-24(23)26-30-32-33-31-26/h4-16,25H,2-3,17-19H2,1H3,(H,29,37)(H,35,36)(H,30,31,32,33)/t25-/m0/s1. The van der Waals surface area contributed by atoms with Crippen molar-refractivity contribution in [3.63, 3.8) is 0 Å². The minimum Gasteiger partial charge on any atom is -0.480 e. The van der Waals surface area contributed by atoms with Crippen LogP contribution in [-0.4, -0.2) is 54.3 Å². The summed E-state index contributed by atoms with van der Waals surface area (Å²) in [6, 6.07) is 24.8. The van der Waals surface area contributed by atoms with Crippen LogP contribution in [0, 0.1) is 0 Å². The average Bonchev–Trinajstić information content (AvgIpc) is 3.47. The highest BCUT2D eigenvalue weighted by atomic mass is 32.1. The van der Waals surface area contributed by atoms with Gasteiger partial charge in [-0.3, -0.25) is 0 Å². The van der Waals surface area contributed by atoms with Crippen LogP contribution in [0.3, 0.4) is 0 Å². The van der Waals surface area contributed by atoms with E-state index in [0.29, 0.717) is 30.4 Å². The van der Waals surface area contributed by atoms with Crippen molar-refractivity contribution in [3.8, 4) is 22.5 Å². The Morgan fingerprint density at radius 1 is 1.00 bits per heavy atom. The predicted molar refractivity (Wildman–Crippen MR) is 148 cm³/mol. The molecule has 0 unspecified atom stereocenters. The first-order valence-electron chi connectivity index (χ1n) is 12.3. The van der Waals surface area contributed by atoms with Crippen molar-refractivity contribution in [1.82, 2.24) is 30.8 Å². The van der Waals surface area contributed by atoms with Gasteiger partial charge in [-0.05, 0) is 46.1 Å². The van der Waals surface area contributed by atoms with Crippen LogP contribution in [-0.2, 0) is 17.8 Å². The lowest BCUT2D eigenvalue weighted by atomic mass is 9.98. The fourth-order valence-electron chi connectivity index (χ4n) is 4.16. The van der Waals surface area contributed by atoms with E-state index < -0.39 is 12.0 Å². The smallest absolute Gasteiger partial charge is 0.326 e. The lowest BCUT2D eigenvalue weighted by Crippen LogP contribution is -2.50. The number of carbonyl (C=O) groups is 1. The highest BCUT2D eigenvalue weighted by Gasteiger charge is 2.28. The van der Waals surface area contributed by atoms with Gasteiger partial charge in [0.15, 0.2) is 5.11 Å². The number of aromatic nitrogens is 4. The molecule has 0 fully saturated rings. The molecule has 9 heteroatoms. The summed E-state index contributed by atoms with van der Waals surface area (Å²) in [4.78, 5) is 14.2. The van der Waals surface area contributed by atoms with E-state index in [0.717, 1.165) is 40.7 Å². The van der Waals surface area contributed by atoms with Crippen LogP contribution in [0.1, 0.15) is 30.9 Å². The fraction of sp³-hybridized carbons (Fsp3) is 0.250. The fourth-order valence-corrected chi connectivity index (χ4v) is 4.45. The number of nitrogens with one attached hydrogen (secondary N) is 2. The zero-order valence-electron chi connectivity index (χ0n) is 20.7. The van der Waals surface area contributed by atoms with Crippen LogP contribution in [0.15, 0.2) is 78.9 Å². The molecule has 0 saturated carbocycles. The van der Waals surface area contributed by atoms with Gasteiger partial charge in [0.25, 0.3) is 0 Å². The maximum Gasteiger partial charge on any atom is 0.326 e. The molecule has 0 bridgehead atoms. The molecular weight excluding hydrogens is 484 g/mol. The molecule has 0 aliphatic heterocycles. The van der Waals surface area contributed by atoms with E-state index >= 15 is 0 Å². The number of aromatic amines is 1. The van der Waals surface area contributed by atoms with Gasteiger partial charge in [-0.2, -0.15) is 5.21 Å². The number of unbranched alkanes of at least 4 members (excludes halogenated alkanes) is 1. The van der Waals surface area contributed by atoms with E-state index in [1.807, 2.05) is 78.9 Å². The van der Waals surface area contributed by atoms with Gasteiger partial charge in [-0.15, -0.1) is 10.2 Å². The lowest BCUT2D eigenvalue weighted by molar-refractivity contribution is -0.141. The van der Waals surface area contributed by atoms with Crippen molar-refractivity contribution >= 4 is 23.3 Å². The normalized spacial score (nSPS) is 11.6. The number of carboxylic acid groups (broad SMARTS) is 1. The van der Waals surface area contributed by atoms with Gasteiger partial charge >= 0.3 is 5.97 Å². The molecular formula is C28H30N6O2S. The maximum atomic E-state index is 12.4. The second-order valence-electron chi connectivity index (χ2n) is 8.74. The number of rotatable bonds is 11. The number of thiocarbonyl (C=S) groups is 1. The van der Waals surface area contributed by atoms with E-state index in [1.165, 1.54) is 0 Å². The summed E-state index contributed by atoms with van der Waals surface area (Å²) in [5, 5.41) is 28.3. The van der Waals surface area contributed by atoms with Gasteiger partial charge in [0.1, 0.15) is 6.04 Å². The number of nitrogens with zero attached hydrogens (tertiary/aromatic N) is 4. The lowest BCUT2D eigenvalue weighted by Gasteiger charge is -2.32. The van der Waals surface area contributed by atoms with Crippen LogP contribution in [0.5, 0.6) is 0 Å². The molecule has 0 aliphatic rings. The van der Waals surface area contributed by atoms with Crippen LogP contribution in [0.4, 0.5) is 0 Å². The second kappa shape index (κ2) is 12.7. The third-order valence-corrected chi connectivity index (χ3v) is 6.51. The van der Waals surface area contributed by atoms with E-state index in [9.17, 15) is 9.90 Å². The molecule has 3 N–H and O–H groups in total. The molecule has 0 aliphatic carbocycles. The number of carboxylic acids is 1. The summed E-state index contributed by atoms with van der Waals surface area (Å²) in [5.41, 5.74) is 4.76. The quantitative estimate of drug-likeness (QED) is 0.195. The Morgan fingerprint density at radius 3 is 2.35 bits per heavy atom. The van der Waals surface area contributed by atoms with Crippen LogP contribution in [0.2, 0.25) is 0 Å². The molecule has 0 saturated heterocycles. The third-order valence-electron chi connectivity index (χ3n) is 6.13. The molecule has 1 aromatic heterocycles. The van der Waals surface area contributed by atoms with Gasteiger partial charge in [-0.1, -0.05) is 92.2 Å². The minimum atomic E-state index is -0.908. The monoisotopic (exact) mass is 514 g/mol. The minimum absolute atomic E-state index is 0.349. The molecule has 4 rings (SSSR count). The Labute approximate surface area is 221 Å². The van der Waals surface area contributed by atoms with Gasteiger partial charge in [0.2, 0.25) is 5.82 Å². The van der Waals surface area contributed by atoms with Gasteiger partial charge in [-0.25, -0.2) is 4.79 Å². The first kappa shape index (κ1) is 26.0. The summed E-state index contributed by atoms with van der Waals surface area (Å²) in [5.74, 6) is -0.381. The van der Waals surface area contributed by atoms with Gasteiger partial charge in [0.05, 0.1) is 0 Å². The molecule has 1 atom stereocenters. The third kappa shape index (κ3) is 6.77. The van der Waals surface area contributed by atoms with Crippen LogP contribution >= 0.6 is 12.2 Å². The highest BCUT2D eigenvalue weighted by molar-refractivity contribution is 7.80. The SMILES string of the molecule is CCCCNC(=S)N(Cc1ccc(-c2ccccc2-c2nn[nH]n2)cc1)[C@@H](Cc1ccccc1)C(=O)O. The number of hydrogen-bond donors (Lipinski definition) is 3. The summed E-state index contributed by atoms with van der Waals surface area (Å²) in [6.45, 7) is 3.18. The van der Waals surface area contributed by atoms with E-state index in [-0.39, 0.29) is 0 Å². The maximum absolute atomic E-state index is 12.4. The summed E-state index contributed by atoms with van der Waals surface area (Å²) in [7, 11) is 0. The number of tetrazole rings is 1. The van der Waals surface area contributed by atoms with Crippen LogP contribution in [0.25, 0.3) is 22.5 Å². The molecule has 0 radical (unpaired) electrons. The first-order chi connectivity index (χ1) is 18.1. The Hall–Kier alpha value is -4.11. The number of H-pyrrole nitrogens is 1. The molecule has 37 heavy (non-hydrogen) atoms. The second-order valence-corrected chi connectivity index (χ2v) is 9.12. The number of benzene rings is 3. The van der Waals surface area contributed by atoms with Crippen molar-refractivity contribution in [2.75, 3.05) is 6.54 Å². The topological polar surface area (TPSA) is 107 Å². The predicted octanol–water partition coefficient (Wildman–Crippen LogP) is 4.71. The Morgan fingerprint density at radius 2 is 1.70 bits per heavy atom. The van der Waals surface area contributed by atoms with E-state index in [4.69, 9.17) is 12.2 Å². The largest absolute Gasteiger partial charge is 0.480 e. The zero-order valence-corrected chi connectivity index (χ0v) is 21.5. The Balaban J connectivity index is 1.59. The average molecular weight is 515 g/mol. The van der Waals surface area contributed by atoms with Crippen molar-refractivity contribution in [1.29, 1.82) is 0 Å². The van der Waals surface area contributed by atoms with Crippen molar-refractivity contribution in [3.05, 3.63) is 90.0 Å². The molecule has 190 valence electrons. The Kier molecular flexibility index (Phi) is 8.93. The van der Waals surface area contributed by atoms with Crippen molar-refractivity contribution in [2.24, 2.45) is 0 Å². The summed E-state index contributed by atoms with van der Waals surface area (Å²) >= 11 is 5.69. The highest BCUT2D eigenvalue weighted by Crippen LogP contribution is 2.30. The van der Waals surface area contributed by atoms with Gasteiger partial charge < -0.3 is 15.3 Å². The molecule has 3 aromatic carbocycles. The molecule has 8 nitrogen and oxygen atoms in total. The van der Waals surface area contributed by atoms with E-state index in [2.05, 4.69) is 32.9 Å². The summed E-state index contributed by atoms with van der Waals surface area (Å²) < 4.78 is 0. The van der Waals surface area contributed by atoms with Gasteiger partial charge in [0, 0.05) is 25.1 Å². The van der Waals surface area contributed by atoms with Crippen LogP contribution < -0.4 is 5.32 Å². The number of hydrogen-bond acceptors (Lipinski definition) is 5. The molecule has 0 amide bonds. The number of aliphatic carboxylic acids is 1. The molecule has 4 aromatic rings. The van der Waals surface area contributed by atoms with Crippen molar-refractivity contribution in [2.45, 2.75) is 38.8 Å². The first-order valence-corrected chi connectivity index (χ1v) is 12.7. The van der Waals surface area contributed by atoms with E-state index in [1.54, 1.807) is 4.90 Å².